The summed E-state index contributed by atoms with van der Waals surface area (Å²) in [5.74, 6) is -1.78. The molecule has 4 rings (SSSR count). The van der Waals surface area contributed by atoms with Crippen LogP contribution in [-0.4, -0.2) is 68.7 Å². The number of fused-ring (bicyclic) bond motifs is 4. The average Bonchev–Trinajstić information content (AvgIpc) is 2.99. The summed E-state index contributed by atoms with van der Waals surface area (Å²) in [5, 5.41) is 52.9. The molecule has 23 heavy (non-hydrogen) atoms. The Morgan fingerprint density at radius 2 is 1.74 bits per heavy atom. The summed E-state index contributed by atoms with van der Waals surface area (Å²) in [6.07, 6.45) is -6.11. The van der Waals surface area contributed by atoms with Gasteiger partial charge < -0.3 is 40.3 Å². The third kappa shape index (κ3) is 1.78. The van der Waals surface area contributed by atoms with Gasteiger partial charge in [0.1, 0.15) is 18.3 Å². The number of phenols is 1. The van der Waals surface area contributed by atoms with Gasteiger partial charge in [0.2, 0.25) is 12.5 Å². The molecule has 0 spiro atoms. The van der Waals surface area contributed by atoms with Crippen LogP contribution in [0.5, 0.6) is 17.2 Å². The Bertz CT molecular complexity index is 692. The summed E-state index contributed by atoms with van der Waals surface area (Å²) >= 11 is 0. The number of aliphatic hydroxyl groups excluding tert-OH is 4. The van der Waals surface area contributed by atoms with Crippen molar-refractivity contribution >= 4 is 5.91 Å². The number of carbonyl (C=O) groups excluding carboxylic acids is 1. The molecule has 1 aromatic rings. The van der Waals surface area contributed by atoms with Crippen LogP contribution in [0, 0.1) is 0 Å². The van der Waals surface area contributed by atoms with Crippen molar-refractivity contribution in [3.05, 3.63) is 17.2 Å². The first-order valence-corrected chi connectivity index (χ1v) is 7.10. The highest BCUT2D eigenvalue weighted by molar-refractivity contribution is 6.01. The van der Waals surface area contributed by atoms with E-state index in [9.17, 15) is 30.3 Å². The fourth-order valence-corrected chi connectivity index (χ4v) is 3.58. The molecule has 1 saturated carbocycles. The van der Waals surface area contributed by atoms with Crippen molar-refractivity contribution < 1.29 is 39.8 Å². The standard InChI is InChI=1S/C14H15NO8/c16-8-5-3-1-4-13(23-2-22-4)9(17)6(3)14(21)15-7(5)10(18)12(20)11(8)19/h1,5,7-8,10-12,16-20H,2H2,(H,15,21)/t5-,7-,8?,10+,11+,12+/m1/s1. The lowest BCUT2D eigenvalue weighted by Crippen LogP contribution is -2.66. The topological polar surface area (TPSA) is 149 Å². The van der Waals surface area contributed by atoms with Crippen molar-refractivity contribution in [3.63, 3.8) is 0 Å². The van der Waals surface area contributed by atoms with Crippen LogP contribution in [0.3, 0.4) is 0 Å². The van der Waals surface area contributed by atoms with E-state index in [0.717, 1.165) is 0 Å². The zero-order chi connectivity index (χ0) is 16.5. The number of rotatable bonds is 0. The van der Waals surface area contributed by atoms with Crippen LogP contribution in [0.4, 0.5) is 0 Å². The Balaban J connectivity index is 1.91. The van der Waals surface area contributed by atoms with Gasteiger partial charge in [0.25, 0.3) is 5.91 Å². The summed E-state index contributed by atoms with van der Waals surface area (Å²) in [4.78, 5) is 12.3. The Morgan fingerprint density at radius 1 is 1.04 bits per heavy atom. The number of ether oxygens (including phenoxy) is 2. The molecule has 9 nitrogen and oxygen atoms in total. The molecule has 0 saturated heterocycles. The van der Waals surface area contributed by atoms with Gasteiger partial charge in [-0.1, -0.05) is 0 Å². The van der Waals surface area contributed by atoms with Crippen molar-refractivity contribution in [1.82, 2.24) is 5.32 Å². The lowest BCUT2D eigenvalue weighted by atomic mass is 9.70. The molecule has 1 unspecified atom stereocenters. The van der Waals surface area contributed by atoms with Crippen LogP contribution in [-0.2, 0) is 0 Å². The predicted octanol–water partition coefficient (Wildman–Crippen LogP) is -2.23. The zero-order valence-corrected chi connectivity index (χ0v) is 11.7. The zero-order valence-electron chi connectivity index (χ0n) is 11.7. The van der Waals surface area contributed by atoms with Gasteiger partial charge in [-0.15, -0.1) is 0 Å². The Morgan fingerprint density at radius 3 is 2.48 bits per heavy atom. The Hall–Kier alpha value is -2.07. The summed E-state index contributed by atoms with van der Waals surface area (Å²) in [6.45, 7) is -0.117. The predicted molar refractivity (Wildman–Crippen MR) is 72.3 cm³/mol. The molecule has 9 heteroatoms. The van der Waals surface area contributed by atoms with E-state index >= 15 is 0 Å². The number of nitrogens with one attached hydrogen (secondary N) is 1. The van der Waals surface area contributed by atoms with Gasteiger partial charge in [0, 0.05) is 5.92 Å². The van der Waals surface area contributed by atoms with Crippen LogP contribution in [0.1, 0.15) is 21.8 Å². The summed E-state index contributed by atoms with van der Waals surface area (Å²) in [5.41, 5.74) is 0.114. The number of carbonyl (C=O) groups is 1. The molecular weight excluding hydrogens is 310 g/mol. The smallest absolute Gasteiger partial charge is 0.255 e. The van der Waals surface area contributed by atoms with Gasteiger partial charge in [-0.05, 0) is 11.6 Å². The van der Waals surface area contributed by atoms with Gasteiger partial charge in [0.05, 0.1) is 17.7 Å². The molecule has 1 fully saturated rings. The highest BCUT2D eigenvalue weighted by Crippen LogP contribution is 2.49. The van der Waals surface area contributed by atoms with Crippen molar-refractivity contribution in [2.75, 3.05) is 6.79 Å². The number of hydrogen-bond donors (Lipinski definition) is 6. The molecule has 1 aliphatic carbocycles. The van der Waals surface area contributed by atoms with Crippen LogP contribution in [0.2, 0.25) is 0 Å². The van der Waals surface area contributed by atoms with Gasteiger partial charge in [-0.25, -0.2) is 0 Å². The maximum absolute atomic E-state index is 12.3. The fourth-order valence-electron chi connectivity index (χ4n) is 3.58. The Kier molecular flexibility index (Phi) is 2.97. The first-order valence-electron chi connectivity index (χ1n) is 7.10. The molecular formula is C14H15NO8. The molecule has 2 aliphatic heterocycles. The molecule has 0 bridgehead atoms. The van der Waals surface area contributed by atoms with Gasteiger partial charge in [0.15, 0.2) is 11.5 Å². The van der Waals surface area contributed by atoms with Crippen molar-refractivity contribution in [1.29, 1.82) is 0 Å². The largest absolute Gasteiger partial charge is 0.504 e. The minimum absolute atomic E-state index is 0.0313. The lowest BCUT2D eigenvalue weighted by Gasteiger charge is -2.47. The molecule has 1 aromatic carbocycles. The number of aliphatic hydroxyl groups is 4. The summed E-state index contributed by atoms with van der Waals surface area (Å²) in [6, 6.07) is 0.428. The third-order valence-electron chi connectivity index (χ3n) is 4.73. The van der Waals surface area contributed by atoms with Crippen molar-refractivity contribution in [2.45, 2.75) is 36.4 Å². The third-order valence-corrected chi connectivity index (χ3v) is 4.73. The van der Waals surface area contributed by atoms with E-state index in [1.54, 1.807) is 0 Å². The molecule has 1 amide bonds. The monoisotopic (exact) mass is 325 g/mol. The van der Waals surface area contributed by atoms with Gasteiger partial charge in [-0.3, -0.25) is 4.79 Å². The number of hydrogen-bond acceptors (Lipinski definition) is 8. The number of amides is 1. The van der Waals surface area contributed by atoms with Crippen LogP contribution in [0.15, 0.2) is 6.07 Å². The number of phenolic OH excluding ortho intramolecular Hbond substituents is 1. The van der Waals surface area contributed by atoms with E-state index in [1.807, 2.05) is 0 Å². The highest BCUT2D eigenvalue weighted by atomic mass is 16.7. The molecule has 124 valence electrons. The quantitative estimate of drug-likeness (QED) is 0.314. The maximum Gasteiger partial charge on any atom is 0.255 e. The molecule has 3 aliphatic rings. The summed E-state index contributed by atoms with van der Waals surface area (Å²) < 4.78 is 10.3. The normalized spacial score (nSPS) is 37.8. The molecule has 0 radical (unpaired) electrons. The first kappa shape index (κ1) is 14.5. The van der Waals surface area contributed by atoms with Crippen LogP contribution in [0.25, 0.3) is 0 Å². The average molecular weight is 325 g/mol. The van der Waals surface area contributed by atoms with Gasteiger partial charge >= 0.3 is 0 Å². The minimum Gasteiger partial charge on any atom is -0.504 e. The SMILES string of the molecule is O=C1N[C@H]2[C@H](O)[C@H](O)[C@@H](O)C(O)[C@@H]2c2cc3c(c(O)c21)OCO3. The Labute approximate surface area is 129 Å². The van der Waals surface area contributed by atoms with Crippen molar-refractivity contribution in [3.8, 4) is 17.2 Å². The molecule has 6 atom stereocenters. The highest BCUT2D eigenvalue weighted by Gasteiger charge is 2.53. The summed E-state index contributed by atoms with van der Waals surface area (Å²) in [7, 11) is 0. The van der Waals surface area contributed by atoms with E-state index in [1.165, 1.54) is 6.07 Å². The van der Waals surface area contributed by atoms with E-state index in [4.69, 9.17) is 9.47 Å². The van der Waals surface area contributed by atoms with E-state index in [0.29, 0.717) is 0 Å². The second-order valence-electron chi connectivity index (χ2n) is 5.91. The molecule has 0 aromatic heterocycles. The first-order chi connectivity index (χ1) is 10.9. The molecule has 2 heterocycles. The van der Waals surface area contributed by atoms with Gasteiger partial charge in [-0.2, -0.15) is 0 Å². The lowest BCUT2D eigenvalue weighted by molar-refractivity contribution is -0.155. The van der Waals surface area contributed by atoms with Crippen molar-refractivity contribution in [2.24, 2.45) is 0 Å². The number of benzene rings is 1. The second kappa shape index (κ2) is 4.71. The van der Waals surface area contributed by atoms with E-state index < -0.39 is 48.0 Å². The van der Waals surface area contributed by atoms with E-state index in [-0.39, 0.29) is 29.4 Å². The number of aromatic hydroxyl groups is 1. The minimum atomic E-state index is -1.60. The van der Waals surface area contributed by atoms with Crippen LogP contribution >= 0.6 is 0 Å². The fraction of sp³-hybridized carbons (Fsp3) is 0.500. The maximum atomic E-state index is 12.3. The molecule has 6 N–H and O–H groups in total. The van der Waals surface area contributed by atoms with Crippen LogP contribution < -0.4 is 14.8 Å². The second-order valence-corrected chi connectivity index (χ2v) is 5.91. The van der Waals surface area contributed by atoms with E-state index in [2.05, 4.69) is 5.32 Å².